The number of fused-ring (bicyclic) bond motifs is 2. The lowest BCUT2D eigenvalue weighted by atomic mass is 10.00. The molecule has 7 heteroatoms. The summed E-state index contributed by atoms with van der Waals surface area (Å²) in [6.07, 6.45) is 4.79. The zero-order valence-corrected chi connectivity index (χ0v) is 18.9. The highest BCUT2D eigenvalue weighted by Crippen LogP contribution is 2.33. The third-order valence-corrected chi connectivity index (χ3v) is 6.35. The van der Waals surface area contributed by atoms with Gasteiger partial charge in [-0.05, 0) is 61.6 Å². The van der Waals surface area contributed by atoms with E-state index in [0.717, 1.165) is 41.0 Å². The van der Waals surface area contributed by atoms with Crippen molar-refractivity contribution in [3.8, 4) is 17.2 Å². The van der Waals surface area contributed by atoms with Crippen molar-refractivity contribution >= 4 is 22.6 Å². The molecular weight excluding hydrogens is 418 g/mol. The molecular formula is C26H29N3O4. The molecule has 1 atom stereocenters. The van der Waals surface area contributed by atoms with Gasteiger partial charge < -0.3 is 24.4 Å². The molecule has 1 amide bonds. The summed E-state index contributed by atoms with van der Waals surface area (Å²) in [6.45, 7) is 3.82. The smallest absolute Gasteiger partial charge is 0.258 e. The summed E-state index contributed by atoms with van der Waals surface area (Å²) in [5.41, 5.74) is 1.73. The van der Waals surface area contributed by atoms with Crippen LogP contribution in [0.15, 0.2) is 48.5 Å². The van der Waals surface area contributed by atoms with E-state index in [1.54, 1.807) is 0 Å². The van der Waals surface area contributed by atoms with E-state index in [0.29, 0.717) is 24.1 Å². The summed E-state index contributed by atoms with van der Waals surface area (Å²) >= 11 is 0. The van der Waals surface area contributed by atoms with Crippen LogP contribution in [0.5, 0.6) is 17.2 Å². The molecule has 1 aromatic heterocycles. The van der Waals surface area contributed by atoms with Gasteiger partial charge in [0, 0.05) is 24.5 Å². The van der Waals surface area contributed by atoms with E-state index in [2.05, 4.69) is 29.3 Å². The number of piperidine rings is 1. The quantitative estimate of drug-likeness (QED) is 0.578. The van der Waals surface area contributed by atoms with Gasteiger partial charge in [-0.25, -0.2) is 4.98 Å². The maximum atomic E-state index is 12.4. The van der Waals surface area contributed by atoms with E-state index in [-0.39, 0.29) is 19.3 Å². The molecule has 7 nitrogen and oxygen atoms in total. The van der Waals surface area contributed by atoms with Crippen LogP contribution in [0.25, 0.3) is 10.9 Å². The highest BCUT2D eigenvalue weighted by molar-refractivity contribution is 5.86. The van der Waals surface area contributed by atoms with Crippen molar-refractivity contribution in [3.63, 3.8) is 0 Å². The van der Waals surface area contributed by atoms with Crippen LogP contribution in [0, 0.1) is 0 Å². The maximum Gasteiger partial charge on any atom is 0.258 e. The Morgan fingerprint density at radius 2 is 2.06 bits per heavy atom. The number of para-hydroxylation sites is 1. The van der Waals surface area contributed by atoms with Crippen LogP contribution in [-0.4, -0.2) is 36.9 Å². The highest BCUT2D eigenvalue weighted by Gasteiger charge is 2.22. The van der Waals surface area contributed by atoms with E-state index in [9.17, 15) is 4.79 Å². The van der Waals surface area contributed by atoms with Crippen LogP contribution in [0.4, 0.5) is 5.82 Å². The van der Waals surface area contributed by atoms with Gasteiger partial charge >= 0.3 is 0 Å². The lowest BCUT2D eigenvalue weighted by Crippen LogP contribution is -2.39. The molecule has 1 unspecified atom stereocenters. The standard InChI is InChI=1S/C26H29N3O4/c1-2-20-7-3-4-13-29(20)24-12-10-19-6-5-8-22(26(19)28-24)31-16-25(30)27-15-18-9-11-21-23(14-18)33-17-32-21/h5-6,8-12,14,20H,2-4,7,13,15-17H2,1H3,(H,27,30). The number of amides is 1. The summed E-state index contributed by atoms with van der Waals surface area (Å²) in [7, 11) is 0. The van der Waals surface area contributed by atoms with Crippen molar-refractivity contribution in [1.29, 1.82) is 0 Å². The largest absolute Gasteiger partial charge is 0.481 e. The predicted octanol–water partition coefficient (Wildman–Crippen LogP) is 4.43. The molecule has 0 saturated carbocycles. The molecule has 3 aromatic rings. The fourth-order valence-corrected chi connectivity index (χ4v) is 4.56. The first-order valence-electron chi connectivity index (χ1n) is 11.7. The number of nitrogens with one attached hydrogen (secondary N) is 1. The number of anilines is 1. The average Bonchev–Trinajstić information content (AvgIpc) is 3.34. The molecule has 172 valence electrons. The molecule has 1 N–H and O–H groups in total. The van der Waals surface area contributed by atoms with Crippen molar-refractivity contribution in [2.75, 3.05) is 24.8 Å². The number of nitrogens with zero attached hydrogens (tertiary/aromatic N) is 2. The van der Waals surface area contributed by atoms with Crippen molar-refractivity contribution < 1.29 is 19.0 Å². The van der Waals surface area contributed by atoms with Gasteiger partial charge in [0.25, 0.3) is 5.91 Å². The Balaban J connectivity index is 1.25. The zero-order chi connectivity index (χ0) is 22.6. The SMILES string of the molecule is CCC1CCCCN1c1ccc2cccc(OCC(=O)NCc3ccc4c(c3)OCO4)c2n1. The van der Waals surface area contributed by atoms with Gasteiger partial charge in [-0.1, -0.05) is 25.1 Å². The lowest BCUT2D eigenvalue weighted by molar-refractivity contribution is -0.123. The highest BCUT2D eigenvalue weighted by atomic mass is 16.7. The number of aromatic nitrogens is 1. The van der Waals surface area contributed by atoms with Gasteiger partial charge in [0.05, 0.1) is 0 Å². The Hall–Kier alpha value is -3.48. The Morgan fingerprint density at radius 1 is 1.15 bits per heavy atom. The van der Waals surface area contributed by atoms with Crippen LogP contribution >= 0.6 is 0 Å². The molecule has 5 rings (SSSR count). The second-order valence-electron chi connectivity index (χ2n) is 8.50. The van der Waals surface area contributed by atoms with Crippen LogP contribution in [0.1, 0.15) is 38.2 Å². The van der Waals surface area contributed by atoms with Crippen molar-refractivity contribution in [2.24, 2.45) is 0 Å². The monoisotopic (exact) mass is 447 g/mol. The van der Waals surface area contributed by atoms with Gasteiger partial charge in [-0.2, -0.15) is 0 Å². The minimum Gasteiger partial charge on any atom is -0.481 e. The predicted molar refractivity (Wildman–Crippen MR) is 127 cm³/mol. The van der Waals surface area contributed by atoms with Gasteiger partial charge in [0.1, 0.15) is 17.1 Å². The van der Waals surface area contributed by atoms with E-state index in [1.165, 1.54) is 19.3 Å². The third-order valence-electron chi connectivity index (χ3n) is 6.35. The van der Waals surface area contributed by atoms with E-state index in [4.69, 9.17) is 19.2 Å². The molecule has 0 aliphatic carbocycles. The second-order valence-corrected chi connectivity index (χ2v) is 8.50. The number of carbonyl (C=O) groups is 1. The van der Waals surface area contributed by atoms with Crippen LogP contribution in [-0.2, 0) is 11.3 Å². The molecule has 1 fully saturated rings. The summed E-state index contributed by atoms with van der Waals surface area (Å²) in [4.78, 5) is 19.8. The summed E-state index contributed by atoms with van der Waals surface area (Å²) in [5.74, 6) is 2.85. The normalized spacial score (nSPS) is 17.2. The summed E-state index contributed by atoms with van der Waals surface area (Å²) < 4.78 is 16.6. The van der Waals surface area contributed by atoms with Crippen LogP contribution in [0.2, 0.25) is 0 Å². The van der Waals surface area contributed by atoms with Gasteiger partial charge in [0.2, 0.25) is 6.79 Å². The molecule has 0 spiro atoms. The number of pyridine rings is 1. The maximum absolute atomic E-state index is 12.4. The first kappa shape index (κ1) is 21.4. The van der Waals surface area contributed by atoms with Gasteiger partial charge in [-0.15, -0.1) is 0 Å². The average molecular weight is 448 g/mol. The molecule has 0 bridgehead atoms. The third kappa shape index (κ3) is 4.67. The number of benzene rings is 2. The molecule has 2 aromatic carbocycles. The Morgan fingerprint density at radius 3 is 2.97 bits per heavy atom. The number of ether oxygens (including phenoxy) is 3. The first-order chi connectivity index (χ1) is 16.2. The number of rotatable bonds is 7. The molecule has 33 heavy (non-hydrogen) atoms. The number of hydrogen-bond acceptors (Lipinski definition) is 6. The minimum atomic E-state index is -0.192. The number of hydrogen-bond donors (Lipinski definition) is 1. The molecule has 1 saturated heterocycles. The van der Waals surface area contributed by atoms with E-state index < -0.39 is 0 Å². The topological polar surface area (TPSA) is 72.9 Å². The van der Waals surface area contributed by atoms with Crippen LogP contribution in [0.3, 0.4) is 0 Å². The van der Waals surface area contributed by atoms with E-state index >= 15 is 0 Å². The molecule has 2 aliphatic rings. The number of carbonyl (C=O) groups excluding carboxylic acids is 1. The minimum absolute atomic E-state index is 0.0725. The van der Waals surface area contributed by atoms with E-state index in [1.807, 2.05) is 36.4 Å². The Bertz CT molecular complexity index is 1150. The van der Waals surface area contributed by atoms with Crippen molar-refractivity contribution in [1.82, 2.24) is 10.3 Å². The first-order valence-corrected chi connectivity index (χ1v) is 11.7. The second kappa shape index (κ2) is 9.57. The lowest BCUT2D eigenvalue weighted by Gasteiger charge is -2.36. The summed E-state index contributed by atoms with van der Waals surface area (Å²) in [6, 6.07) is 16.2. The van der Waals surface area contributed by atoms with Crippen molar-refractivity contribution in [3.05, 3.63) is 54.1 Å². The van der Waals surface area contributed by atoms with Crippen molar-refractivity contribution in [2.45, 2.75) is 45.2 Å². The Kier molecular flexibility index (Phi) is 6.19. The molecule has 3 heterocycles. The fraction of sp³-hybridized carbons (Fsp3) is 0.385. The zero-order valence-electron chi connectivity index (χ0n) is 18.9. The van der Waals surface area contributed by atoms with Crippen LogP contribution < -0.4 is 24.4 Å². The fourth-order valence-electron chi connectivity index (χ4n) is 4.56. The van der Waals surface area contributed by atoms with Gasteiger partial charge in [0.15, 0.2) is 18.1 Å². The van der Waals surface area contributed by atoms with Gasteiger partial charge in [-0.3, -0.25) is 4.79 Å². The molecule has 2 aliphatic heterocycles. The Labute approximate surface area is 193 Å². The summed E-state index contributed by atoms with van der Waals surface area (Å²) in [5, 5.41) is 3.90. The molecule has 0 radical (unpaired) electrons.